The zero-order valence-electron chi connectivity index (χ0n) is 6.33. The topological polar surface area (TPSA) is 49.8 Å². The van der Waals surface area contributed by atoms with E-state index in [1.807, 2.05) is 6.92 Å². The van der Waals surface area contributed by atoms with E-state index in [0.717, 1.165) is 0 Å². The van der Waals surface area contributed by atoms with Gasteiger partial charge in [0.15, 0.2) is 0 Å². The Balaban J connectivity index is 3.42. The summed E-state index contributed by atoms with van der Waals surface area (Å²) in [4.78, 5) is 12.2. The lowest BCUT2D eigenvalue weighted by Gasteiger charge is -2.13. The standard InChI is InChI=1S/C6H13NO3/c1-3-7(2)6(9)10-5-4-8/h8H,3-5H2,1-2H3. The molecule has 0 aliphatic carbocycles. The SMILES string of the molecule is CCN(C)C(=O)OCCO. The van der Waals surface area contributed by atoms with Crippen LogP contribution in [0.5, 0.6) is 0 Å². The average Bonchev–Trinajstić information content (AvgIpc) is 1.98. The Hall–Kier alpha value is -0.770. The molecule has 0 unspecified atom stereocenters. The van der Waals surface area contributed by atoms with E-state index in [9.17, 15) is 4.79 Å². The highest BCUT2D eigenvalue weighted by atomic mass is 16.6. The Bertz CT molecular complexity index is 105. The van der Waals surface area contributed by atoms with Gasteiger partial charge in [-0.25, -0.2) is 4.79 Å². The summed E-state index contributed by atoms with van der Waals surface area (Å²) in [5.74, 6) is 0. The summed E-state index contributed by atoms with van der Waals surface area (Å²) < 4.78 is 4.58. The van der Waals surface area contributed by atoms with Gasteiger partial charge in [0.1, 0.15) is 6.61 Å². The fraction of sp³-hybridized carbons (Fsp3) is 0.833. The van der Waals surface area contributed by atoms with Crippen LogP contribution in [0.3, 0.4) is 0 Å². The molecule has 60 valence electrons. The highest BCUT2D eigenvalue weighted by Gasteiger charge is 2.05. The van der Waals surface area contributed by atoms with Crippen LogP contribution in [0.1, 0.15) is 6.92 Å². The maximum absolute atomic E-state index is 10.7. The number of carbonyl (C=O) groups excluding carboxylic acids is 1. The quantitative estimate of drug-likeness (QED) is 0.614. The second kappa shape index (κ2) is 5.05. The van der Waals surface area contributed by atoms with E-state index in [0.29, 0.717) is 6.54 Å². The summed E-state index contributed by atoms with van der Waals surface area (Å²) in [5, 5.41) is 8.27. The molecule has 0 aliphatic rings. The molecule has 0 aromatic carbocycles. The highest BCUT2D eigenvalue weighted by Crippen LogP contribution is 1.87. The number of nitrogens with zero attached hydrogens (tertiary/aromatic N) is 1. The van der Waals surface area contributed by atoms with Crippen LogP contribution >= 0.6 is 0 Å². The Morgan fingerprint density at radius 3 is 2.70 bits per heavy atom. The summed E-state index contributed by atoms with van der Waals surface area (Å²) in [5.41, 5.74) is 0. The van der Waals surface area contributed by atoms with E-state index < -0.39 is 6.09 Å². The fourth-order valence-electron chi connectivity index (χ4n) is 0.372. The Morgan fingerprint density at radius 2 is 2.30 bits per heavy atom. The summed E-state index contributed by atoms with van der Waals surface area (Å²) in [6.07, 6.45) is -0.392. The second-order valence-electron chi connectivity index (χ2n) is 1.85. The van der Waals surface area contributed by atoms with E-state index in [2.05, 4.69) is 4.74 Å². The molecule has 0 aromatic heterocycles. The van der Waals surface area contributed by atoms with Crippen molar-refractivity contribution in [3.8, 4) is 0 Å². The molecule has 0 saturated carbocycles. The van der Waals surface area contributed by atoms with Crippen molar-refractivity contribution in [3.05, 3.63) is 0 Å². The first-order chi connectivity index (χ1) is 4.72. The monoisotopic (exact) mass is 147 g/mol. The smallest absolute Gasteiger partial charge is 0.409 e. The first-order valence-electron chi connectivity index (χ1n) is 3.21. The van der Waals surface area contributed by atoms with Crippen molar-refractivity contribution in [3.63, 3.8) is 0 Å². The van der Waals surface area contributed by atoms with E-state index in [1.165, 1.54) is 4.90 Å². The van der Waals surface area contributed by atoms with Gasteiger partial charge >= 0.3 is 6.09 Å². The van der Waals surface area contributed by atoms with Gasteiger partial charge in [0.05, 0.1) is 6.61 Å². The number of aliphatic hydroxyl groups excluding tert-OH is 1. The molecule has 0 rings (SSSR count). The summed E-state index contributed by atoms with van der Waals surface area (Å²) in [6.45, 7) is 2.41. The molecule has 1 N–H and O–H groups in total. The lowest BCUT2D eigenvalue weighted by molar-refractivity contribution is 0.0924. The minimum Gasteiger partial charge on any atom is -0.447 e. The third-order valence-electron chi connectivity index (χ3n) is 1.10. The third kappa shape index (κ3) is 3.29. The van der Waals surface area contributed by atoms with Gasteiger partial charge in [-0.3, -0.25) is 0 Å². The Kier molecular flexibility index (Phi) is 4.66. The first kappa shape index (κ1) is 9.23. The molecule has 0 radical (unpaired) electrons. The van der Waals surface area contributed by atoms with Gasteiger partial charge in [-0.2, -0.15) is 0 Å². The Labute approximate surface area is 60.4 Å². The van der Waals surface area contributed by atoms with Gasteiger partial charge < -0.3 is 14.7 Å². The third-order valence-corrected chi connectivity index (χ3v) is 1.10. The number of hydrogen-bond acceptors (Lipinski definition) is 3. The van der Waals surface area contributed by atoms with Gasteiger partial charge in [0, 0.05) is 13.6 Å². The first-order valence-corrected chi connectivity index (χ1v) is 3.21. The maximum Gasteiger partial charge on any atom is 0.409 e. The number of carbonyl (C=O) groups is 1. The van der Waals surface area contributed by atoms with Crippen LogP contribution in [0.15, 0.2) is 0 Å². The van der Waals surface area contributed by atoms with Crippen LogP contribution in [0.25, 0.3) is 0 Å². The summed E-state index contributed by atoms with van der Waals surface area (Å²) in [7, 11) is 1.64. The van der Waals surface area contributed by atoms with E-state index in [4.69, 9.17) is 5.11 Å². The van der Waals surface area contributed by atoms with Gasteiger partial charge in [0.2, 0.25) is 0 Å². The highest BCUT2D eigenvalue weighted by molar-refractivity contribution is 5.67. The molecule has 0 heterocycles. The van der Waals surface area contributed by atoms with Crippen molar-refractivity contribution in [2.75, 3.05) is 26.8 Å². The van der Waals surface area contributed by atoms with Crippen LogP contribution in [0.4, 0.5) is 4.79 Å². The molecule has 0 aromatic rings. The average molecular weight is 147 g/mol. The van der Waals surface area contributed by atoms with Gasteiger partial charge in [-0.05, 0) is 6.92 Å². The fourth-order valence-corrected chi connectivity index (χ4v) is 0.372. The van der Waals surface area contributed by atoms with Crippen LogP contribution in [-0.4, -0.2) is 42.9 Å². The zero-order valence-corrected chi connectivity index (χ0v) is 6.33. The molecular weight excluding hydrogens is 134 g/mol. The molecule has 4 heteroatoms. The number of hydrogen-bond donors (Lipinski definition) is 1. The lowest BCUT2D eigenvalue weighted by Crippen LogP contribution is -2.27. The zero-order chi connectivity index (χ0) is 7.98. The molecule has 0 fully saturated rings. The molecule has 10 heavy (non-hydrogen) atoms. The molecule has 4 nitrogen and oxygen atoms in total. The van der Waals surface area contributed by atoms with Gasteiger partial charge in [-0.1, -0.05) is 0 Å². The van der Waals surface area contributed by atoms with Crippen molar-refractivity contribution in [2.24, 2.45) is 0 Å². The molecule has 1 amide bonds. The maximum atomic E-state index is 10.7. The van der Waals surface area contributed by atoms with Crippen LogP contribution in [0.2, 0.25) is 0 Å². The van der Waals surface area contributed by atoms with Crippen molar-refractivity contribution in [2.45, 2.75) is 6.92 Å². The molecule has 0 bridgehead atoms. The minimum atomic E-state index is -0.392. The van der Waals surface area contributed by atoms with Crippen molar-refractivity contribution >= 4 is 6.09 Å². The Morgan fingerprint density at radius 1 is 1.70 bits per heavy atom. The second-order valence-corrected chi connectivity index (χ2v) is 1.85. The normalized spacial score (nSPS) is 9.10. The number of amides is 1. The van der Waals surface area contributed by atoms with Crippen LogP contribution < -0.4 is 0 Å². The van der Waals surface area contributed by atoms with E-state index >= 15 is 0 Å². The predicted octanol–water partition coefficient (Wildman–Crippen LogP) is 0.0670. The summed E-state index contributed by atoms with van der Waals surface area (Å²) >= 11 is 0. The van der Waals surface area contributed by atoms with Crippen molar-refractivity contribution < 1.29 is 14.6 Å². The summed E-state index contributed by atoms with van der Waals surface area (Å²) in [6, 6.07) is 0. The largest absolute Gasteiger partial charge is 0.447 e. The molecule has 0 aliphatic heterocycles. The molecular formula is C6H13NO3. The van der Waals surface area contributed by atoms with Crippen LogP contribution in [0, 0.1) is 0 Å². The minimum absolute atomic E-state index is 0.0726. The van der Waals surface area contributed by atoms with Gasteiger partial charge in [-0.15, -0.1) is 0 Å². The molecule has 0 spiro atoms. The van der Waals surface area contributed by atoms with E-state index in [-0.39, 0.29) is 13.2 Å². The molecule has 0 saturated heterocycles. The van der Waals surface area contributed by atoms with Crippen LogP contribution in [-0.2, 0) is 4.74 Å². The number of rotatable bonds is 3. The lowest BCUT2D eigenvalue weighted by atomic mass is 10.7. The van der Waals surface area contributed by atoms with E-state index in [1.54, 1.807) is 7.05 Å². The number of ether oxygens (including phenoxy) is 1. The predicted molar refractivity (Wildman–Crippen MR) is 36.7 cm³/mol. The number of aliphatic hydroxyl groups is 1. The van der Waals surface area contributed by atoms with Gasteiger partial charge in [0.25, 0.3) is 0 Å². The van der Waals surface area contributed by atoms with Crippen molar-refractivity contribution in [1.29, 1.82) is 0 Å². The van der Waals surface area contributed by atoms with Crippen molar-refractivity contribution in [1.82, 2.24) is 4.90 Å². The molecule has 0 atom stereocenters.